The largest absolute Gasteiger partial charge is 0.493 e. The lowest BCUT2D eigenvalue weighted by atomic mass is 9.80. The van der Waals surface area contributed by atoms with E-state index in [0.29, 0.717) is 17.4 Å². The van der Waals surface area contributed by atoms with Gasteiger partial charge >= 0.3 is 6.18 Å². The third-order valence-corrected chi connectivity index (χ3v) is 5.77. The molecule has 0 amide bonds. The molecule has 158 valence electrons. The van der Waals surface area contributed by atoms with Gasteiger partial charge in [0.05, 0.1) is 12.8 Å². The predicted octanol–water partition coefficient (Wildman–Crippen LogP) is 6.15. The first kappa shape index (κ1) is 20.4. The minimum atomic E-state index is -4.43. The summed E-state index contributed by atoms with van der Waals surface area (Å²) in [5, 5.41) is 0. The van der Waals surface area contributed by atoms with Gasteiger partial charge in [0.1, 0.15) is 17.3 Å². The predicted molar refractivity (Wildman–Crippen MR) is 108 cm³/mol. The fourth-order valence-electron chi connectivity index (χ4n) is 3.95. The van der Waals surface area contributed by atoms with Gasteiger partial charge in [-0.25, -0.2) is 4.98 Å². The molecule has 3 aromatic rings. The summed E-state index contributed by atoms with van der Waals surface area (Å²) in [5.74, 6) is 2.03. The van der Waals surface area contributed by atoms with Crippen LogP contribution in [0.1, 0.15) is 48.6 Å². The highest BCUT2D eigenvalue weighted by atomic mass is 19.4. The van der Waals surface area contributed by atoms with E-state index in [1.165, 1.54) is 0 Å². The SMILES string of the molecule is Cc1ccccc1OCC1CCC(c2ccc(-c3ncc(C(F)(F)F)[nH]3)cn2)CC1. The number of hydrogen-bond donors (Lipinski definition) is 1. The topological polar surface area (TPSA) is 50.8 Å². The van der Waals surface area contributed by atoms with Crippen molar-refractivity contribution in [3.8, 4) is 17.1 Å². The number of aromatic nitrogens is 3. The molecule has 4 nitrogen and oxygen atoms in total. The Morgan fingerprint density at radius 2 is 1.77 bits per heavy atom. The first-order valence-corrected chi connectivity index (χ1v) is 10.2. The molecule has 1 aliphatic rings. The lowest BCUT2D eigenvalue weighted by Crippen LogP contribution is -2.20. The van der Waals surface area contributed by atoms with Crippen LogP contribution < -0.4 is 4.74 Å². The van der Waals surface area contributed by atoms with Crippen LogP contribution in [-0.4, -0.2) is 21.6 Å². The number of pyridine rings is 1. The summed E-state index contributed by atoms with van der Waals surface area (Å²) >= 11 is 0. The zero-order valence-electron chi connectivity index (χ0n) is 16.7. The van der Waals surface area contributed by atoms with Crippen LogP contribution in [0.15, 0.2) is 48.8 Å². The molecule has 30 heavy (non-hydrogen) atoms. The van der Waals surface area contributed by atoms with Gasteiger partial charge in [-0.3, -0.25) is 4.98 Å². The summed E-state index contributed by atoms with van der Waals surface area (Å²) in [4.78, 5) is 10.7. The quantitative estimate of drug-likeness (QED) is 0.544. The first-order valence-electron chi connectivity index (χ1n) is 10.2. The van der Waals surface area contributed by atoms with Crippen LogP contribution >= 0.6 is 0 Å². The molecule has 4 rings (SSSR count). The van der Waals surface area contributed by atoms with Crippen molar-refractivity contribution in [1.82, 2.24) is 15.0 Å². The van der Waals surface area contributed by atoms with Crippen LogP contribution in [-0.2, 0) is 6.18 Å². The number of nitrogens with zero attached hydrogens (tertiary/aromatic N) is 2. The van der Waals surface area contributed by atoms with Crippen LogP contribution in [0.2, 0.25) is 0 Å². The fraction of sp³-hybridized carbons (Fsp3) is 0.391. The average molecular weight is 415 g/mol. The number of benzene rings is 1. The maximum atomic E-state index is 12.7. The number of imidazole rings is 1. The number of aryl methyl sites for hydroxylation is 1. The molecule has 1 saturated carbocycles. The summed E-state index contributed by atoms with van der Waals surface area (Å²) in [7, 11) is 0. The molecule has 0 bridgehead atoms. The fourth-order valence-corrected chi connectivity index (χ4v) is 3.95. The zero-order chi connectivity index (χ0) is 21.1. The van der Waals surface area contributed by atoms with Crippen molar-refractivity contribution in [2.24, 2.45) is 5.92 Å². The van der Waals surface area contributed by atoms with Gasteiger partial charge < -0.3 is 9.72 Å². The number of alkyl halides is 3. The van der Waals surface area contributed by atoms with Crippen LogP contribution in [0.4, 0.5) is 13.2 Å². The van der Waals surface area contributed by atoms with Crippen molar-refractivity contribution in [2.45, 2.75) is 44.7 Å². The Morgan fingerprint density at radius 3 is 2.40 bits per heavy atom. The van der Waals surface area contributed by atoms with E-state index in [4.69, 9.17) is 4.74 Å². The summed E-state index contributed by atoms with van der Waals surface area (Å²) in [6.45, 7) is 2.78. The molecular weight excluding hydrogens is 391 g/mol. The highest BCUT2D eigenvalue weighted by molar-refractivity contribution is 5.54. The summed E-state index contributed by atoms with van der Waals surface area (Å²) in [6, 6.07) is 11.7. The Hall–Kier alpha value is -2.83. The average Bonchev–Trinajstić information content (AvgIpc) is 3.25. The van der Waals surface area contributed by atoms with E-state index < -0.39 is 11.9 Å². The molecule has 0 saturated heterocycles. The van der Waals surface area contributed by atoms with Gasteiger partial charge in [0, 0.05) is 23.4 Å². The number of H-pyrrole nitrogens is 1. The van der Waals surface area contributed by atoms with E-state index >= 15 is 0 Å². The maximum absolute atomic E-state index is 12.7. The van der Waals surface area contributed by atoms with Crippen molar-refractivity contribution >= 4 is 0 Å². The maximum Gasteiger partial charge on any atom is 0.432 e. The molecule has 1 fully saturated rings. The van der Waals surface area contributed by atoms with Gasteiger partial charge in [-0.2, -0.15) is 13.2 Å². The normalized spacial score (nSPS) is 19.6. The number of hydrogen-bond acceptors (Lipinski definition) is 3. The smallest absolute Gasteiger partial charge is 0.432 e. The Bertz CT molecular complexity index is 974. The van der Waals surface area contributed by atoms with Crippen molar-refractivity contribution in [2.75, 3.05) is 6.61 Å². The van der Waals surface area contributed by atoms with Crippen molar-refractivity contribution in [1.29, 1.82) is 0 Å². The van der Waals surface area contributed by atoms with Crippen molar-refractivity contribution in [3.05, 3.63) is 65.7 Å². The molecule has 0 radical (unpaired) electrons. The summed E-state index contributed by atoms with van der Waals surface area (Å²) in [5.41, 5.74) is 1.83. The van der Waals surface area contributed by atoms with E-state index in [2.05, 4.69) is 15.0 Å². The second kappa shape index (κ2) is 8.50. The van der Waals surface area contributed by atoms with E-state index in [0.717, 1.165) is 55.5 Å². The van der Waals surface area contributed by atoms with Crippen LogP contribution in [0.5, 0.6) is 5.75 Å². The summed E-state index contributed by atoms with van der Waals surface area (Å²) < 4.78 is 44.2. The number of para-hydroxylation sites is 1. The molecular formula is C23H24F3N3O. The molecule has 0 atom stereocenters. The summed E-state index contributed by atoms with van der Waals surface area (Å²) in [6.07, 6.45) is 2.20. The lowest BCUT2D eigenvalue weighted by Gasteiger charge is -2.28. The Balaban J connectivity index is 1.32. The minimum Gasteiger partial charge on any atom is -0.493 e. The van der Waals surface area contributed by atoms with E-state index in [1.54, 1.807) is 12.3 Å². The zero-order valence-corrected chi connectivity index (χ0v) is 16.7. The standard InChI is InChI=1S/C23H24F3N3O/c1-15-4-2-3-5-20(15)30-14-16-6-8-17(9-7-16)19-11-10-18(12-27-19)22-28-13-21(29-22)23(24,25)26/h2-5,10-13,16-17H,6-9,14H2,1H3,(H,28,29). The van der Waals surface area contributed by atoms with Crippen LogP contribution in [0.25, 0.3) is 11.4 Å². The number of aromatic amines is 1. The van der Waals surface area contributed by atoms with Gasteiger partial charge in [-0.1, -0.05) is 18.2 Å². The van der Waals surface area contributed by atoms with Gasteiger partial charge in [0.2, 0.25) is 0 Å². The molecule has 7 heteroatoms. The molecule has 1 aliphatic carbocycles. The Kier molecular flexibility index (Phi) is 5.79. The van der Waals surface area contributed by atoms with Gasteiger partial charge in [0.15, 0.2) is 0 Å². The molecule has 1 N–H and O–H groups in total. The monoisotopic (exact) mass is 415 g/mol. The molecule has 0 unspecified atom stereocenters. The molecule has 2 aromatic heterocycles. The molecule has 2 heterocycles. The highest BCUT2D eigenvalue weighted by Crippen LogP contribution is 2.36. The first-order chi connectivity index (χ1) is 14.4. The van der Waals surface area contributed by atoms with Gasteiger partial charge in [-0.05, 0) is 62.3 Å². The van der Waals surface area contributed by atoms with E-state index in [9.17, 15) is 13.2 Å². The lowest BCUT2D eigenvalue weighted by molar-refractivity contribution is -0.140. The van der Waals surface area contributed by atoms with E-state index in [1.807, 2.05) is 37.3 Å². The molecule has 1 aromatic carbocycles. The second-order valence-electron chi connectivity index (χ2n) is 7.91. The highest BCUT2D eigenvalue weighted by Gasteiger charge is 2.33. The second-order valence-corrected chi connectivity index (χ2v) is 7.91. The number of rotatable bonds is 5. The third kappa shape index (κ3) is 4.66. The molecule has 0 spiro atoms. The van der Waals surface area contributed by atoms with Gasteiger partial charge in [0.25, 0.3) is 0 Å². The van der Waals surface area contributed by atoms with Crippen LogP contribution in [0, 0.1) is 12.8 Å². The van der Waals surface area contributed by atoms with E-state index in [-0.39, 0.29) is 5.82 Å². The van der Waals surface area contributed by atoms with Crippen molar-refractivity contribution in [3.63, 3.8) is 0 Å². The third-order valence-electron chi connectivity index (χ3n) is 5.77. The minimum absolute atomic E-state index is 0.179. The Morgan fingerprint density at radius 1 is 1.00 bits per heavy atom. The van der Waals surface area contributed by atoms with Crippen LogP contribution in [0.3, 0.4) is 0 Å². The Labute approximate surface area is 173 Å². The van der Waals surface area contributed by atoms with Crippen molar-refractivity contribution < 1.29 is 17.9 Å². The van der Waals surface area contributed by atoms with Gasteiger partial charge in [-0.15, -0.1) is 0 Å². The number of ether oxygens (including phenoxy) is 1. The number of halogens is 3. The number of nitrogens with one attached hydrogen (secondary N) is 1. The molecule has 0 aliphatic heterocycles.